The number of rotatable bonds is 4. The average molecular weight is 285 g/mol. The van der Waals surface area contributed by atoms with Gasteiger partial charge in [0.25, 0.3) is 0 Å². The summed E-state index contributed by atoms with van der Waals surface area (Å²) in [5.74, 6) is 1.42. The molecule has 0 N–H and O–H groups in total. The summed E-state index contributed by atoms with van der Waals surface area (Å²) in [5, 5.41) is 0. The second kappa shape index (κ2) is 4.76. The molecule has 2 rings (SSSR count). The van der Waals surface area contributed by atoms with E-state index in [4.69, 9.17) is 9.47 Å². The fourth-order valence-corrected chi connectivity index (χ4v) is 2.42. The molecule has 0 saturated carbocycles. The van der Waals surface area contributed by atoms with Crippen LogP contribution >= 0.6 is 15.9 Å². The molecule has 1 heterocycles. The van der Waals surface area contributed by atoms with Gasteiger partial charge in [-0.15, -0.1) is 0 Å². The zero-order valence-electron chi connectivity index (χ0n) is 9.87. The summed E-state index contributed by atoms with van der Waals surface area (Å²) in [4.78, 5) is 0. The monoisotopic (exact) mass is 284 g/mol. The second-order valence-electron chi connectivity index (χ2n) is 4.40. The fraction of sp³-hybridized carbons (Fsp3) is 0.538. The summed E-state index contributed by atoms with van der Waals surface area (Å²) in [6.45, 7) is 4.34. The Morgan fingerprint density at radius 2 is 2.19 bits per heavy atom. The molecule has 0 aromatic heterocycles. The molecule has 1 aromatic rings. The van der Waals surface area contributed by atoms with E-state index in [9.17, 15) is 0 Å². The highest BCUT2D eigenvalue weighted by Crippen LogP contribution is 2.36. The van der Waals surface area contributed by atoms with E-state index in [-0.39, 0.29) is 0 Å². The molecule has 0 aliphatic carbocycles. The number of benzene rings is 1. The maximum atomic E-state index is 5.46. The van der Waals surface area contributed by atoms with Crippen molar-refractivity contribution in [3.05, 3.63) is 28.2 Å². The molecular formula is C13H17BrO2. The van der Waals surface area contributed by atoms with Gasteiger partial charge in [-0.1, -0.05) is 22.9 Å². The molecule has 1 aliphatic heterocycles. The third-order valence-electron chi connectivity index (χ3n) is 3.14. The topological polar surface area (TPSA) is 21.8 Å². The number of ether oxygens (including phenoxy) is 2. The first-order chi connectivity index (χ1) is 7.61. The highest BCUT2D eigenvalue weighted by atomic mass is 79.9. The summed E-state index contributed by atoms with van der Waals surface area (Å²) in [6.07, 6.45) is 1.92. The van der Waals surface area contributed by atoms with Crippen molar-refractivity contribution >= 4 is 15.9 Å². The molecule has 1 saturated heterocycles. The van der Waals surface area contributed by atoms with E-state index in [0.717, 1.165) is 16.6 Å². The fourth-order valence-electron chi connectivity index (χ4n) is 2.04. The quantitative estimate of drug-likeness (QED) is 0.786. The largest absolute Gasteiger partial charge is 0.496 e. The van der Waals surface area contributed by atoms with E-state index in [1.807, 2.05) is 12.1 Å². The van der Waals surface area contributed by atoms with Gasteiger partial charge in [0.05, 0.1) is 19.3 Å². The van der Waals surface area contributed by atoms with E-state index in [2.05, 4.69) is 35.8 Å². The number of halogens is 1. The Labute approximate surface area is 105 Å². The Kier molecular flexibility index (Phi) is 3.55. The van der Waals surface area contributed by atoms with Crippen molar-refractivity contribution in [2.75, 3.05) is 7.11 Å². The SMILES string of the molecule is COc1ccc(Br)cc1C(C)CC1OC1C. The van der Waals surface area contributed by atoms with Crippen LogP contribution in [0.3, 0.4) is 0 Å². The van der Waals surface area contributed by atoms with Crippen LogP contribution in [0.4, 0.5) is 0 Å². The van der Waals surface area contributed by atoms with Crippen LogP contribution in [-0.4, -0.2) is 19.3 Å². The van der Waals surface area contributed by atoms with Crippen molar-refractivity contribution in [2.24, 2.45) is 0 Å². The highest BCUT2D eigenvalue weighted by Gasteiger charge is 2.35. The smallest absolute Gasteiger partial charge is 0.122 e. The Morgan fingerprint density at radius 3 is 2.75 bits per heavy atom. The molecule has 3 heteroatoms. The van der Waals surface area contributed by atoms with Crippen LogP contribution in [0.2, 0.25) is 0 Å². The van der Waals surface area contributed by atoms with Gasteiger partial charge in [0.15, 0.2) is 0 Å². The molecule has 0 spiro atoms. The zero-order chi connectivity index (χ0) is 11.7. The number of hydrogen-bond donors (Lipinski definition) is 0. The average Bonchev–Trinajstić information content (AvgIpc) is 2.94. The minimum Gasteiger partial charge on any atom is -0.496 e. The normalized spacial score (nSPS) is 25.2. The van der Waals surface area contributed by atoms with Crippen molar-refractivity contribution in [1.29, 1.82) is 0 Å². The number of hydrogen-bond acceptors (Lipinski definition) is 2. The van der Waals surface area contributed by atoms with Crippen LogP contribution in [0.1, 0.15) is 31.7 Å². The first kappa shape index (κ1) is 11.9. The van der Waals surface area contributed by atoms with Crippen LogP contribution in [-0.2, 0) is 4.74 Å². The van der Waals surface area contributed by atoms with Gasteiger partial charge in [-0.05, 0) is 43.0 Å². The molecule has 1 aliphatic rings. The maximum Gasteiger partial charge on any atom is 0.122 e. The Bertz CT molecular complexity index is 378. The Balaban J connectivity index is 2.13. The lowest BCUT2D eigenvalue weighted by Gasteiger charge is -2.15. The van der Waals surface area contributed by atoms with Gasteiger partial charge in [0.1, 0.15) is 5.75 Å². The molecule has 88 valence electrons. The summed E-state index contributed by atoms with van der Waals surface area (Å²) in [5.41, 5.74) is 1.25. The highest BCUT2D eigenvalue weighted by molar-refractivity contribution is 9.10. The van der Waals surface area contributed by atoms with Crippen LogP contribution in [0, 0.1) is 0 Å². The number of epoxide rings is 1. The summed E-state index contributed by atoms with van der Waals surface area (Å²) < 4.78 is 11.9. The molecule has 0 amide bonds. The number of methoxy groups -OCH3 is 1. The molecule has 1 aromatic carbocycles. The van der Waals surface area contributed by atoms with E-state index in [1.54, 1.807) is 7.11 Å². The molecular weight excluding hydrogens is 268 g/mol. The van der Waals surface area contributed by atoms with Crippen molar-refractivity contribution in [1.82, 2.24) is 0 Å². The van der Waals surface area contributed by atoms with Gasteiger partial charge in [-0.2, -0.15) is 0 Å². The van der Waals surface area contributed by atoms with Crippen LogP contribution < -0.4 is 4.74 Å². The third-order valence-corrected chi connectivity index (χ3v) is 3.64. The van der Waals surface area contributed by atoms with Gasteiger partial charge < -0.3 is 9.47 Å². The van der Waals surface area contributed by atoms with Gasteiger partial charge in [-0.3, -0.25) is 0 Å². The molecule has 0 bridgehead atoms. The molecule has 1 fully saturated rings. The van der Waals surface area contributed by atoms with Gasteiger partial charge in [0, 0.05) is 4.47 Å². The standard InChI is InChI=1S/C13H17BrO2/c1-8(6-13-9(2)16-13)11-7-10(14)4-5-12(11)15-3/h4-5,7-9,13H,6H2,1-3H3. The second-order valence-corrected chi connectivity index (χ2v) is 5.32. The van der Waals surface area contributed by atoms with Crippen molar-refractivity contribution in [3.63, 3.8) is 0 Å². The van der Waals surface area contributed by atoms with E-state index >= 15 is 0 Å². The zero-order valence-corrected chi connectivity index (χ0v) is 11.5. The summed E-state index contributed by atoms with van der Waals surface area (Å²) in [6, 6.07) is 6.15. The maximum absolute atomic E-state index is 5.46. The lowest BCUT2D eigenvalue weighted by Crippen LogP contribution is -2.02. The third kappa shape index (κ3) is 2.58. The van der Waals surface area contributed by atoms with Crippen LogP contribution in [0.5, 0.6) is 5.75 Å². The Hall–Kier alpha value is -0.540. The van der Waals surface area contributed by atoms with E-state index < -0.39 is 0 Å². The van der Waals surface area contributed by atoms with Gasteiger partial charge in [0.2, 0.25) is 0 Å². The minimum atomic E-state index is 0.429. The summed E-state index contributed by atoms with van der Waals surface area (Å²) in [7, 11) is 1.72. The van der Waals surface area contributed by atoms with Crippen molar-refractivity contribution in [2.45, 2.75) is 38.4 Å². The van der Waals surface area contributed by atoms with Crippen LogP contribution in [0.25, 0.3) is 0 Å². The predicted octanol–water partition coefficient (Wildman–Crippen LogP) is 3.74. The van der Waals surface area contributed by atoms with Gasteiger partial charge >= 0.3 is 0 Å². The first-order valence-electron chi connectivity index (χ1n) is 5.60. The molecule has 2 nitrogen and oxygen atoms in total. The lowest BCUT2D eigenvalue weighted by atomic mass is 9.94. The molecule has 16 heavy (non-hydrogen) atoms. The predicted molar refractivity (Wildman–Crippen MR) is 68.1 cm³/mol. The van der Waals surface area contributed by atoms with Crippen molar-refractivity contribution < 1.29 is 9.47 Å². The van der Waals surface area contributed by atoms with E-state index in [1.165, 1.54) is 5.56 Å². The molecule has 0 radical (unpaired) electrons. The van der Waals surface area contributed by atoms with Crippen molar-refractivity contribution in [3.8, 4) is 5.75 Å². The van der Waals surface area contributed by atoms with E-state index in [0.29, 0.717) is 18.1 Å². The molecule has 3 atom stereocenters. The Morgan fingerprint density at radius 1 is 1.50 bits per heavy atom. The van der Waals surface area contributed by atoms with Crippen LogP contribution in [0.15, 0.2) is 22.7 Å². The van der Waals surface area contributed by atoms with Gasteiger partial charge in [-0.25, -0.2) is 0 Å². The first-order valence-corrected chi connectivity index (χ1v) is 6.40. The summed E-state index contributed by atoms with van der Waals surface area (Å²) >= 11 is 3.50. The minimum absolute atomic E-state index is 0.429. The molecule has 3 unspecified atom stereocenters. The lowest BCUT2D eigenvalue weighted by molar-refractivity contribution is 0.358.